The Morgan fingerprint density at radius 1 is 1.10 bits per heavy atom. The summed E-state index contributed by atoms with van der Waals surface area (Å²) < 4.78 is 27.4. The average Bonchev–Trinajstić information content (AvgIpc) is 2.75. The lowest BCUT2D eigenvalue weighted by Crippen LogP contribution is -2.45. The SMILES string of the molecule is Cc1ncccc1C(CNC(=O)c1cccc2ncccc12)N1CCC(F)(F)CC1. The number of piperidine rings is 1. The van der Waals surface area contributed by atoms with Crippen molar-refractivity contribution in [1.82, 2.24) is 20.2 Å². The van der Waals surface area contributed by atoms with Crippen molar-refractivity contribution in [3.63, 3.8) is 0 Å². The standard InChI is InChI=1S/C23H24F2N4O/c1-16-17(6-3-11-26-16)21(29-13-9-23(24,25)10-14-29)15-28-22(30)19-5-2-8-20-18(19)7-4-12-27-20/h2-8,11-12,21H,9-10,13-15H2,1H3,(H,28,30). The van der Waals surface area contributed by atoms with Crippen LogP contribution in [0.2, 0.25) is 0 Å². The van der Waals surface area contributed by atoms with Crippen LogP contribution in [0.3, 0.4) is 0 Å². The summed E-state index contributed by atoms with van der Waals surface area (Å²) in [7, 11) is 0. The van der Waals surface area contributed by atoms with Crippen molar-refractivity contribution in [2.24, 2.45) is 0 Å². The second-order valence-corrected chi connectivity index (χ2v) is 7.67. The Labute approximate surface area is 174 Å². The van der Waals surface area contributed by atoms with Gasteiger partial charge in [0.2, 0.25) is 0 Å². The quantitative estimate of drug-likeness (QED) is 0.687. The first-order chi connectivity index (χ1) is 14.4. The number of carbonyl (C=O) groups is 1. The Morgan fingerprint density at radius 3 is 2.60 bits per heavy atom. The highest BCUT2D eigenvalue weighted by molar-refractivity contribution is 6.06. The fourth-order valence-corrected chi connectivity index (χ4v) is 4.03. The molecule has 1 aliphatic heterocycles. The maximum Gasteiger partial charge on any atom is 0.252 e. The second kappa shape index (κ2) is 8.44. The van der Waals surface area contributed by atoms with Gasteiger partial charge in [-0.05, 0) is 36.8 Å². The molecule has 4 rings (SSSR count). The number of nitrogens with one attached hydrogen (secondary N) is 1. The van der Waals surface area contributed by atoms with Gasteiger partial charge in [0.05, 0.1) is 11.6 Å². The van der Waals surface area contributed by atoms with Gasteiger partial charge >= 0.3 is 0 Å². The Balaban J connectivity index is 1.56. The maximum atomic E-state index is 13.7. The van der Waals surface area contributed by atoms with Gasteiger partial charge < -0.3 is 5.32 Å². The van der Waals surface area contributed by atoms with Crippen LogP contribution < -0.4 is 5.32 Å². The zero-order valence-electron chi connectivity index (χ0n) is 16.8. The number of nitrogens with zero attached hydrogens (tertiary/aromatic N) is 3. The molecule has 3 aromatic rings. The number of aryl methyl sites for hydroxylation is 1. The van der Waals surface area contributed by atoms with Crippen LogP contribution in [0, 0.1) is 6.92 Å². The average molecular weight is 410 g/mol. The third kappa shape index (κ3) is 4.31. The Morgan fingerprint density at radius 2 is 1.83 bits per heavy atom. The van der Waals surface area contributed by atoms with E-state index in [-0.39, 0.29) is 37.9 Å². The largest absolute Gasteiger partial charge is 0.350 e. The van der Waals surface area contributed by atoms with Crippen LogP contribution in [-0.4, -0.2) is 46.3 Å². The molecule has 7 heteroatoms. The van der Waals surface area contributed by atoms with Gasteiger partial charge in [-0.15, -0.1) is 0 Å². The molecule has 1 unspecified atom stereocenters. The second-order valence-electron chi connectivity index (χ2n) is 7.67. The van der Waals surface area contributed by atoms with E-state index in [4.69, 9.17) is 0 Å². The number of aromatic nitrogens is 2. The molecule has 0 radical (unpaired) electrons. The van der Waals surface area contributed by atoms with Crippen molar-refractivity contribution < 1.29 is 13.6 Å². The third-order valence-electron chi connectivity index (χ3n) is 5.72. The predicted molar refractivity (Wildman–Crippen MR) is 112 cm³/mol. The number of hydrogen-bond acceptors (Lipinski definition) is 4. The summed E-state index contributed by atoms with van der Waals surface area (Å²) in [4.78, 5) is 23.6. The number of amides is 1. The number of benzene rings is 1. The molecule has 0 spiro atoms. The summed E-state index contributed by atoms with van der Waals surface area (Å²) in [5.41, 5.74) is 3.08. The van der Waals surface area contributed by atoms with E-state index in [0.29, 0.717) is 12.1 Å². The van der Waals surface area contributed by atoms with Crippen molar-refractivity contribution >= 4 is 16.8 Å². The number of rotatable bonds is 5. The molecule has 1 atom stereocenters. The lowest BCUT2D eigenvalue weighted by molar-refractivity contribution is -0.0632. The monoisotopic (exact) mass is 410 g/mol. The van der Waals surface area contributed by atoms with Gasteiger partial charge in [-0.25, -0.2) is 8.78 Å². The van der Waals surface area contributed by atoms with Gasteiger partial charge in [0.1, 0.15) is 0 Å². The number of likely N-dealkylation sites (tertiary alicyclic amines) is 1. The Hall–Kier alpha value is -2.93. The van der Waals surface area contributed by atoms with Gasteiger partial charge in [0.15, 0.2) is 0 Å². The van der Waals surface area contributed by atoms with E-state index in [1.165, 1.54) is 0 Å². The summed E-state index contributed by atoms with van der Waals surface area (Å²) in [5, 5.41) is 3.79. The van der Waals surface area contributed by atoms with E-state index >= 15 is 0 Å². The summed E-state index contributed by atoms with van der Waals surface area (Å²) in [6.45, 7) is 2.77. The van der Waals surface area contributed by atoms with E-state index in [1.807, 2.05) is 36.1 Å². The molecule has 0 saturated carbocycles. The topological polar surface area (TPSA) is 58.1 Å². The lowest BCUT2D eigenvalue weighted by Gasteiger charge is -2.38. The number of halogens is 2. The summed E-state index contributed by atoms with van der Waals surface area (Å²) in [5.74, 6) is -2.83. The van der Waals surface area contributed by atoms with E-state index in [1.54, 1.807) is 30.6 Å². The normalized spacial score (nSPS) is 17.6. The number of carbonyl (C=O) groups excluding carboxylic acids is 1. The van der Waals surface area contributed by atoms with Gasteiger partial charge in [-0.1, -0.05) is 18.2 Å². The van der Waals surface area contributed by atoms with Gasteiger partial charge in [0, 0.05) is 61.5 Å². The zero-order chi connectivity index (χ0) is 21.1. The van der Waals surface area contributed by atoms with Crippen molar-refractivity contribution in [3.05, 3.63) is 71.7 Å². The molecule has 5 nitrogen and oxygen atoms in total. The van der Waals surface area contributed by atoms with E-state index in [0.717, 1.165) is 22.2 Å². The fraction of sp³-hybridized carbons (Fsp3) is 0.348. The molecule has 1 fully saturated rings. The van der Waals surface area contributed by atoms with Crippen LogP contribution in [0.5, 0.6) is 0 Å². The van der Waals surface area contributed by atoms with Crippen LogP contribution >= 0.6 is 0 Å². The lowest BCUT2D eigenvalue weighted by atomic mass is 9.98. The number of hydrogen-bond donors (Lipinski definition) is 1. The predicted octanol–water partition coefficient (Wildman–Crippen LogP) is 4.14. The van der Waals surface area contributed by atoms with Crippen LogP contribution in [0.4, 0.5) is 8.78 Å². The third-order valence-corrected chi connectivity index (χ3v) is 5.72. The molecule has 0 aliphatic carbocycles. The molecule has 1 amide bonds. The minimum Gasteiger partial charge on any atom is -0.350 e. The highest BCUT2D eigenvalue weighted by Crippen LogP contribution is 2.33. The highest BCUT2D eigenvalue weighted by Gasteiger charge is 2.37. The first-order valence-electron chi connectivity index (χ1n) is 10.1. The van der Waals surface area contributed by atoms with Gasteiger partial charge in [0.25, 0.3) is 11.8 Å². The molecule has 2 aromatic heterocycles. The minimum absolute atomic E-state index is 0.175. The molecule has 0 bridgehead atoms. The fourth-order valence-electron chi connectivity index (χ4n) is 4.03. The van der Waals surface area contributed by atoms with E-state index < -0.39 is 5.92 Å². The molecular weight excluding hydrogens is 386 g/mol. The summed E-state index contributed by atoms with van der Waals surface area (Å²) in [6.07, 6.45) is 3.05. The summed E-state index contributed by atoms with van der Waals surface area (Å²) in [6, 6.07) is 12.7. The molecule has 30 heavy (non-hydrogen) atoms. The molecule has 1 saturated heterocycles. The van der Waals surface area contributed by atoms with Crippen LogP contribution in [-0.2, 0) is 0 Å². The van der Waals surface area contributed by atoms with Crippen LogP contribution in [0.1, 0.15) is 40.5 Å². The van der Waals surface area contributed by atoms with Crippen LogP contribution in [0.25, 0.3) is 10.9 Å². The first kappa shape index (κ1) is 20.3. The minimum atomic E-state index is -2.62. The van der Waals surface area contributed by atoms with Gasteiger partial charge in [-0.2, -0.15) is 0 Å². The molecule has 1 aromatic carbocycles. The first-order valence-corrected chi connectivity index (χ1v) is 10.1. The Kier molecular flexibility index (Phi) is 5.72. The van der Waals surface area contributed by atoms with Gasteiger partial charge in [-0.3, -0.25) is 19.7 Å². The molecule has 1 N–H and O–H groups in total. The molecule has 3 heterocycles. The maximum absolute atomic E-state index is 13.7. The zero-order valence-corrected chi connectivity index (χ0v) is 16.8. The van der Waals surface area contributed by atoms with E-state index in [9.17, 15) is 13.6 Å². The van der Waals surface area contributed by atoms with Crippen LogP contribution in [0.15, 0.2) is 54.9 Å². The van der Waals surface area contributed by atoms with Crippen molar-refractivity contribution in [2.75, 3.05) is 19.6 Å². The number of pyridine rings is 2. The van der Waals surface area contributed by atoms with Crippen molar-refractivity contribution in [1.29, 1.82) is 0 Å². The van der Waals surface area contributed by atoms with E-state index in [2.05, 4.69) is 15.3 Å². The molecular formula is C23H24F2N4O. The summed E-state index contributed by atoms with van der Waals surface area (Å²) >= 11 is 0. The molecule has 1 aliphatic rings. The Bertz CT molecular complexity index is 1040. The number of alkyl halides is 2. The molecule has 156 valence electrons. The number of fused-ring (bicyclic) bond motifs is 1. The smallest absolute Gasteiger partial charge is 0.252 e. The van der Waals surface area contributed by atoms with Crippen molar-refractivity contribution in [2.45, 2.75) is 31.7 Å². The highest BCUT2D eigenvalue weighted by atomic mass is 19.3. The van der Waals surface area contributed by atoms with Crippen molar-refractivity contribution in [3.8, 4) is 0 Å².